The number of rotatable bonds is 18. The van der Waals surface area contributed by atoms with E-state index in [1.807, 2.05) is 0 Å². The maximum absolute atomic E-state index is 11.5. The van der Waals surface area contributed by atoms with Gasteiger partial charge in [0.15, 0.2) is 0 Å². The fourth-order valence-corrected chi connectivity index (χ4v) is 4.92. The van der Waals surface area contributed by atoms with E-state index in [0.29, 0.717) is 0 Å². The van der Waals surface area contributed by atoms with Crippen molar-refractivity contribution in [3.05, 3.63) is 0 Å². The first kappa shape index (κ1) is 29.0. The first-order valence-corrected chi connectivity index (χ1v) is 12.6. The molecule has 154 valence electrons. The molecule has 0 atom stereocenters. The van der Waals surface area contributed by atoms with E-state index in [2.05, 4.69) is 15.9 Å². The number of hydrogen-bond acceptors (Lipinski definition) is 7. The monoisotopic (exact) mass is 424 g/mol. The third kappa shape index (κ3) is 19.5. The Morgan fingerprint density at radius 1 is 0.731 bits per heavy atom. The summed E-state index contributed by atoms with van der Waals surface area (Å²) in [5, 5.41) is 3.01. The van der Waals surface area contributed by atoms with E-state index in [0.717, 1.165) is 19.4 Å². The zero-order chi connectivity index (χ0) is 19.0. The summed E-state index contributed by atoms with van der Waals surface area (Å²) in [5.41, 5.74) is 5.09. The fourth-order valence-electron chi connectivity index (χ4n) is 2.43. The number of unbranched alkanes of at least 4 members (excludes halogenated alkanes) is 9. The van der Waals surface area contributed by atoms with Crippen molar-refractivity contribution in [1.29, 1.82) is 0 Å². The molecule has 0 radical (unpaired) electrons. The van der Waals surface area contributed by atoms with Gasteiger partial charge in [-0.3, -0.25) is 0 Å². The molecule has 10 heteroatoms. The van der Waals surface area contributed by atoms with Gasteiger partial charge in [0.05, 0.1) is 11.5 Å². The Balaban J connectivity index is 0. The van der Waals surface area contributed by atoms with E-state index in [9.17, 15) is 16.8 Å². The van der Waals surface area contributed by atoms with Crippen molar-refractivity contribution in [2.75, 3.05) is 31.1 Å². The molecule has 7 nitrogen and oxygen atoms in total. The van der Waals surface area contributed by atoms with E-state index in [-0.39, 0.29) is 48.4 Å². The van der Waals surface area contributed by atoms with Crippen LogP contribution >= 0.6 is 0 Å². The Morgan fingerprint density at radius 2 is 1.19 bits per heavy atom. The van der Waals surface area contributed by atoms with Gasteiger partial charge in [-0.2, -0.15) is 16.8 Å². The number of hydrogen-bond donors (Lipinski definition) is 2. The van der Waals surface area contributed by atoms with Gasteiger partial charge in [0.25, 0.3) is 20.2 Å². The topological polar surface area (TPSA) is 116 Å². The second-order valence-corrected chi connectivity index (χ2v) is 9.90. The molecule has 0 saturated carbocycles. The Labute approximate surface area is 182 Å². The van der Waals surface area contributed by atoms with Gasteiger partial charge in [0.2, 0.25) is 0 Å². The van der Waals surface area contributed by atoms with E-state index >= 15 is 0 Å². The summed E-state index contributed by atoms with van der Waals surface area (Å²) in [7, 11) is -8.18. The zero-order valence-corrected chi connectivity index (χ0v) is 17.2. The van der Waals surface area contributed by atoms with Gasteiger partial charge in [0.1, 0.15) is 0 Å². The molecule has 0 rings (SSSR count). The predicted molar refractivity (Wildman–Crippen MR) is 110 cm³/mol. The molecule has 0 unspecified atom stereocenters. The molecule has 0 aliphatic carbocycles. The molecule has 0 amide bonds. The van der Waals surface area contributed by atoms with Crippen LogP contribution in [0, 0.1) is 0 Å². The van der Waals surface area contributed by atoms with Gasteiger partial charge in [0, 0.05) is 13.1 Å². The molecular weight excluding hydrogens is 387 g/mol. The van der Waals surface area contributed by atoms with Crippen LogP contribution < -0.4 is 11.1 Å². The van der Waals surface area contributed by atoms with Crippen LogP contribution in [-0.2, 0) is 23.9 Å². The molecule has 0 aliphatic rings. The van der Waals surface area contributed by atoms with E-state index in [4.69, 9.17) is 5.73 Å². The van der Waals surface area contributed by atoms with Crippen LogP contribution in [0.25, 0.3) is 0 Å². The Morgan fingerprint density at radius 3 is 1.69 bits per heavy atom. The van der Waals surface area contributed by atoms with Crippen molar-refractivity contribution >= 4 is 49.8 Å². The van der Waals surface area contributed by atoms with Gasteiger partial charge in [-0.25, -0.2) is 0 Å². The summed E-state index contributed by atoms with van der Waals surface area (Å²) in [4.78, 5) is 0. The molecule has 0 aromatic rings. The van der Waals surface area contributed by atoms with Gasteiger partial charge < -0.3 is 11.1 Å². The zero-order valence-electron chi connectivity index (χ0n) is 15.5. The van der Waals surface area contributed by atoms with Crippen molar-refractivity contribution in [3.8, 4) is 0 Å². The Kier molecular flexibility index (Phi) is 19.9. The van der Waals surface area contributed by atoms with E-state index < -0.39 is 26.0 Å². The van der Waals surface area contributed by atoms with Gasteiger partial charge in [-0.05, 0) is 13.0 Å². The summed E-state index contributed by atoms with van der Waals surface area (Å²) >= 11 is 0. The van der Waals surface area contributed by atoms with Crippen LogP contribution in [0.1, 0.15) is 71.1 Å². The van der Waals surface area contributed by atoms with Crippen molar-refractivity contribution in [2.24, 2.45) is 5.73 Å². The molecule has 0 spiro atoms. The summed E-state index contributed by atoms with van der Waals surface area (Å²) in [6.07, 6.45) is 12.5. The molecule has 0 aromatic heterocycles. The third-order valence-electron chi connectivity index (χ3n) is 3.81. The minimum atomic E-state index is -4.10. The Bertz CT molecular complexity index is 513. The quantitative estimate of drug-likeness (QED) is 0.253. The van der Waals surface area contributed by atoms with Crippen molar-refractivity contribution < 1.29 is 20.5 Å². The molecule has 0 fully saturated rings. The molecule has 0 heterocycles. The Hall–Kier alpha value is 0.780. The standard InChI is InChI=1S/C16H36N2O5S2.Na.H/c1-2-3-4-5-6-7-8-9-10-11-13-18-14-16-25(21,22)23-24(19,20)15-12-17;;/h18H,2-17H2,1H3;;. The van der Waals surface area contributed by atoms with Crippen LogP contribution in [0.15, 0.2) is 0 Å². The van der Waals surface area contributed by atoms with Crippen LogP contribution in [0.5, 0.6) is 0 Å². The molecule has 3 N–H and O–H groups in total. The SMILES string of the molecule is CCCCCCCCCCCCNCCS(=O)(=O)OS(=O)(=O)CCN.[NaH]. The molecule has 0 saturated heterocycles. The minimum absolute atomic E-state index is 0. The average molecular weight is 425 g/mol. The van der Waals surface area contributed by atoms with Crippen molar-refractivity contribution in [2.45, 2.75) is 71.1 Å². The average Bonchev–Trinajstić information content (AvgIpc) is 2.50. The normalized spacial score (nSPS) is 12.1. The number of nitrogens with two attached hydrogens (primary N) is 1. The summed E-state index contributed by atoms with van der Waals surface area (Å²) in [5.74, 6) is -0.868. The molecule has 0 aromatic carbocycles. The molecule has 0 bridgehead atoms. The second-order valence-electron chi connectivity index (χ2n) is 6.31. The van der Waals surface area contributed by atoms with Crippen LogP contribution in [-0.4, -0.2) is 77.5 Å². The van der Waals surface area contributed by atoms with Crippen molar-refractivity contribution in [1.82, 2.24) is 5.32 Å². The third-order valence-corrected chi connectivity index (χ3v) is 6.91. The fraction of sp³-hybridized carbons (Fsp3) is 1.00. The first-order chi connectivity index (χ1) is 11.8. The summed E-state index contributed by atoms with van der Waals surface area (Å²) < 4.78 is 49.8. The van der Waals surface area contributed by atoms with Crippen LogP contribution in [0.3, 0.4) is 0 Å². The van der Waals surface area contributed by atoms with Crippen molar-refractivity contribution in [3.63, 3.8) is 0 Å². The van der Waals surface area contributed by atoms with E-state index in [1.165, 1.54) is 51.4 Å². The van der Waals surface area contributed by atoms with Crippen LogP contribution in [0.4, 0.5) is 0 Å². The molecule has 0 aliphatic heterocycles. The predicted octanol–water partition coefficient (Wildman–Crippen LogP) is 1.48. The van der Waals surface area contributed by atoms with Crippen LogP contribution in [0.2, 0.25) is 0 Å². The van der Waals surface area contributed by atoms with Gasteiger partial charge >= 0.3 is 29.6 Å². The van der Waals surface area contributed by atoms with Gasteiger partial charge in [-0.15, -0.1) is 3.63 Å². The second kappa shape index (κ2) is 17.8. The molecular formula is C16H37N2NaO5S2. The van der Waals surface area contributed by atoms with Gasteiger partial charge in [-0.1, -0.05) is 64.7 Å². The van der Waals surface area contributed by atoms with E-state index in [1.54, 1.807) is 0 Å². The number of nitrogens with one attached hydrogen (secondary N) is 1. The summed E-state index contributed by atoms with van der Waals surface area (Å²) in [6, 6.07) is 0. The summed E-state index contributed by atoms with van der Waals surface area (Å²) in [6.45, 7) is 2.95. The molecule has 26 heavy (non-hydrogen) atoms. The first-order valence-electron chi connectivity index (χ1n) is 9.40. The maximum atomic E-state index is 11.5.